The van der Waals surface area contributed by atoms with Gasteiger partial charge in [-0.3, -0.25) is 52.7 Å². The summed E-state index contributed by atoms with van der Waals surface area (Å²) in [6.07, 6.45) is -3.18. The Bertz CT molecular complexity index is 2100. The third-order valence-corrected chi connectivity index (χ3v) is 11.0. The molecule has 0 aliphatic heterocycles. The minimum absolute atomic E-state index is 0.0403. The molecule has 26 heteroatoms. The minimum atomic E-state index is -1.87. The number of primary amides is 1. The van der Waals surface area contributed by atoms with Crippen LogP contribution in [0.3, 0.4) is 0 Å². The molecule has 0 aliphatic carbocycles. The second kappa shape index (κ2) is 30.4. The van der Waals surface area contributed by atoms with E-state index in [2.05, 4.69) is 47.9 Å². The van der Waals surface area contributed by atoms with Gasteiger partial charge in [0.2, 0.25) is 59.1 Å². The van der Waals surface area contributed by atoms with Crippen LogP contribution in [0.15, 0.2) is 24.3 Å². The van der Waals surface area contributed by atoms with Crippen molar-refractivity contribution in [2.24, 2.45) is 23.5 Å². The number of carbonyl (C=O) groups is 12. The molecule has 0 aromatic heterocycles. The van der Waals surface area contributed by atoms with Crippen LogP contribution in [0.5, 0.6) is 5.75 Å². The number of aliphatic hydroxyl groups is 1. The molecule has 0 bridgehead atoms. The maximum atomic E-state index is 13.9. The molecule has 0 spiro atoms. The molecule has 402 valence electrons. The van der Waals surface area contributed by atoms with Gasteiger partial charge in [0.1, 0.15) is 54.1 Å². The van der Waals surface area contributed by atoms with Gasteiger partial charge in [0.15, 0.2) is 0 Å². The number of aliphatic hydroxyl groups excluding tert-OH is 1. The Kier molecular flexibility index (Phi) is 26.4. The van der Waals surface area contributed by atoms with Gasteiger partial charge in [-0.05, 0) is 55.7 Å². The molecule has 0 fully saturated rings. The summed E-state index contributed by atoms with van der Waals surface area (Å²) in [4.78, 5) is 154. The second-order valence-corrected chi connectivity index (χ2v) is 18.1. The number of ether oxygens (including phenoxy) is 1. The average Bonchev–Trinajstić information content (AvgIpc) is 3.28. The molecule has 10 atom stereocenters. The van der Waals surface area contributed by atoms with Crippen molar-refractivity contribution in [2.45, 2.75) is 149 Å². The Hall–Kier alpha value is -7.38. The van der Waals surface area contributed by atoms with Crippen molar-refractivity contribution in [3.8, 4) is 5.75 Å². The number of methoxy groups -OCH3 is 1. The lowest BCUT2D eigenvalue weighted by Crippen LogP contribution is -2.62. The summed E-state index contributed by atoms with van der Waals surface area (Å²) in [6, 6.07) is -5.30. The minimum Gasteiger partial charge on any atom is -0.497 e. The van der Waals surface area contributed by atoms with E-state index in [1.165, 1.54) is 41.7 Å². The first kappa shape index (κ1) is 62.6. The molecule has 72 heavy (non-hydrogen) atoms. The fourth-order valence-electron chi connectivity index (χ4n) is 6.80. The topological polar surface area (TPSA) is 409 Å². The first-order valence-electron chi connectivity index (χ1n) is 23.2. The van der Waals surface area contributed by atoms with Crippen LogP contribution < -0.4 is 58.3 Å². The molecule has 1 rings (SSSR count). The fraction of sp³-hybridized carbons (Fsp3) is 0.609. The van der Waals surface area contributed by atoms with E-state index in [0.717, 1.165) is 0 Å². The number of hydrogen-bond donors (Lipinski definition) is 13. The van der Waals surface area contributed by atoms with Gasteiger partial charge < -0.3 is 73.6 Å². The van der Waals surface area contributed by atoms with Crippen molar-refractivity contribution in [1.82, 2.24) is 47.9 Å². The van der Waals surface area contributed by atoms with E-state index in [1.807, 2.05) is 0 Å². The Morgan fingerprint density at radius 2 is 1.10 bits per heavy atom. The highest BCUT2D eigenvalue weighted by molar-refractivity contribution is 5.99. The first-order chi connectivity index (χ1) is 33.5. The van der Waals surface area contributed by atoms with E-state index in [1.54, 1.807) is 52.0 Å². The Labute approximate surface area is 417 Å². The van der Waals surface area contributed by atoms with E-state index < -0.39 is 157 Å². The fourth-order valence-corrected chi connectivity index (χ4v) is 6.80. The normalized spacial score (nSPS) is 15.2. The lowest BCUT2D eigenvalue weighted by molar-refractivity contribution is -0.144. The summed E-state index contributed by atoms with van der Waals surface area (Å²) in [7, 11) is 1.49. The number of rotatable bonds is 31. The summed E-state index contributed by atoms with van der Waals surface area (Å²) in [5.74, 6) is -13.6. The number of nitrogens with one attached hydrogen (secondary N) is 9. The van der Waals surface area contributed by atoms with Crippen molar-refractivity contribution in [2.75, 3.05) is 13.7 Å². The van der Waals surface area contributed by atoms with Crippen LogP contribution in [-0.2, 0) is 64.0 Å². The second-order valence-electron chi connectivity index (χ2n) is 18.1. The Morgan fingerprint density at radius 1 is 0.597 bits per heavy atom. The van der Waals surface area contributed by atoms with Crippen molar-refractivity contribution >= 4 is 71.0 Å². The zero-order valence-corrected chi connectivity index (χ0v) is 42.2. The number of carbonyl (C=O) groups excluding carboxylic acids is 10. The maximum Gasteiger partial charge on any atom is 0.326 e. The van der Waals surface area contributed by atoms with E-state index in [0.29, 0.717) is 11.3 Å². The van der Waals surface area contributed by atoms with E-state index in [4.69, 9.17) is 10.5 Å². The quantitative estimate of drug-likeness (QED) is 0.0349. The molecule has 0 heterocycles. The molecule has 0 aliphatic rings. The van der Waals surface area contributed by atoms with Gasteiger partial charge in [0.25, 0.3) is 0 Å². The molecule has 0 saturated carbocycles. The standard InChI is InChI=1S/C46H72N10O16/c1-11-23(6)37(44(68)52-30(18-33(47)59)41(65)51-31(19-35(61)62)42(66)53-32(46(70)71)16-21(2)3)56-43(67)36(22(4)5)55-45(69)38(25(8)57)54-34(60)20-48-39(63)24(7)49-40(64)29(50-26(9)58)17-27-12-14-28(72-10)15-13-27/h12-15,21-25,29-32,36-38,57H,11,16-20H2,1-10H3,(H2,47,59)(H,48,63)(H,49,64)(H,50,58)(H,51,65)(H,52,68)(H,53,66)(H,54,60)(H,55,69)(H,56,67)(H,61,62)(H,70,71)/t23-,24-,25+,29-,30-,31-,32-,36-,37-,38-/m0/s1. The van der Waals surface area contributed by atoms with Gasteiger partial charge in [-0.25, -0.2) is 4.79 Å². The molecule has 0 radical (unpaired) electrons. The van der Waals surface area contributed by atoms with Crippen LogP contribution in [0.4, 0.5) is 0 Å². The van der Waals surface area contributed by atoms with Gasteiger partial charge in [-0.2, -0.15) is 0 Å². The average molecular weight is 1020 g/mol. The predicted molar refractivity (Wildman–Crippen MR) is 256 cm³/mol. The smallest absolute Gasteiger partial charge is 0.326 e. The number of hydrogen-bond acceptors (Lipinski definition) is 14. The molecule has 14 N–H and O–H groups in total. The summed E-state index contributed by atoms with van der Waals surface area (Å²) < 4.78 is 5.14. The zero-order chi connectivity index (χ0) is 55.2. The van der Waals surface area contributed by atoms with E-state index in [-0.39, 0.29) is 25.2 Å². The van der Waals surface area contributed by atoms with Crippen LogP contribution in [0, 0.1) is 17.8 Å². The van der Waals surface area contributed by atoms with Crippen LogP contribution in [0.25, 0.3) is 0 Å². The van der Waals surface area contributed by atoms with Crippen molar-refractivity contribution in [1.29, 1.82) is 0 Å². The number of carboxylic acids is 2. The number of aliphatic carboxylic acids is 2. The van der Waals surface area contributed by atoms with Crippen LogP contribution in [0.2, 0.25) is 0 Å². The summed E-state index contributed by atoms with van der Waals surface area (Å²) in [6.45, 7) is 12.6. The third-order valence-electron chi connectivity index (χ3n) is 11.0. The van der Waals surface area contributed by atoms with Gasteiger partial charge in [-0.1, -0.05) is 60.1 Å². The monoisotopic (exact) mass is 1020 g/mol. The van der Waals surface area contributed by atoms with E-state index in [9.17, 15) is 72.9 Å². The zero-order valence-electron chi connectivity index (χ0n) is 42.2. The summed E-state index contributed by atoms with van der Waals surface area (Å²) >= 11 is 0. The molecule has 0 saturated heterocycles. The van der Waals surface area contributed by atoms with Crippen LogP contribution >= 0.6 is 0 Å². The predicted octanol–water partition coefficient (Wildman–Crippen LogP) is -3.16. The molecule has 26 nitrogen and oxygen atoms in total. The maximum absolute atomic E-state index is 13.9. The number of carboxylic acid groups (broad SMARTS) is 2. The van der Waals surface area contributed by atoms with Crippen molar-refractivity contribution in [3.63, 3.8) is 0 Å². The Morgan fingerprint density at radius 3 is 1.57 bits per heavy atom. The van der Waals surface area contributed by atoms with Gasteiger partial charge in [-0.15, -0.1) is 0 Å². The lowest BCUT2D eigenvalue weighted by atomic mass is 9.95. The first-order valence-corrected chi connectivity index (χ1v) is 23.2. The molecule has 1 aromatic rings. The largest absolute Gasteiger partial charge is 0.497 e. The highest BCUT2D eigenvalue weighted by Crippen LogP contribution is 2.15. The molecular formula is C46H72N10O16. The third kappa shape index (κ3) is 22.1. The Balaban J connectivity index is 3.15. The van der Waals surface area contributed by atoms with Crippen molar-refractivity contribution < 1.29 is 77.6 Å². The number of benzene rings is 1. The number of nitrogens with two attached hydrogens (primary N) is 1. The molecule has 10 amide bonds. The van der Waals surface area contributed by atoms with Crippen molar-refractivity contribution in [3.05, 3.63) is 29.8 Å². The number of amides is 10. The molecule has 1 aromatic carbocycles. The lowest BCUT2D eigenvalue weighted by Gasteiger charge is -2.30. The van der Waals surface area contributed by atoms with Crippen LogP contribution in [-0.4, -0.2) is 154 Å². The van der Waals surface area contributed by atoms with Gasteiger partial charge in [0, 0.05) is 13.3 Å². The van der Waals surface area contributed by atoms with Gasteiger partial charge >= 0.3 is 11.9 Å². The van der Waals surface area contributed by atoms with Crippen LogP contribution in [0.1, 0.15) is 93.6 Å². The highest BCUT2D eigenvalue weighted by atomic mass is 16.5. The van der Waals surface area contributed by atoms with Gasteiger partial charge in [0.05, 0.1) is 32.6 Å². The van der Waals surface area contributed by atoms with E-state index >= 15 is 0 Å². The molecule has 0 unspecified atom stereocenters. The summed E-state index contributed by atoms with van der Waals surface area (Å²) in [5.41, 5.74) is 6.04. The SMILES string of the molecule is CC[C@H](C)[C@H](NC(=O)[C@@H](NC(=O)[C@@H](NC(=O)CNC(=O)[C@H](C)NC(=O)[C@H](Cc1ccc(OC)cc1)NC(C)=O)[C@@H](C)O)C(C)C)C(=O)N[C@@H](CC(N)=O)C(=O)N[C@@H](CC(=O)O)C(=O)N[C@@H](CC(C)C)C(=O)O. The molecular weight excluding hydrogens is 949 g/mol. The summed E-state index contributed by atoms with van der Waals surface area (Å²) in [5, 5.41) is 50.7. The highest BCUT2D eigenvalue weighted by Gasteiger charge is 2.37.